The molecule has 0 aromatic rings. The molecule has 1 heterocycles. The summed E-state index contributed by atoms with van der Waals surface area (Å²) in [6.45, 7) is 6.21. The van der Waals surface area contributed by atoms with Gasteiger partial charge in [-0.2, -0.15) is 0 Å². The monoisotopic (exact) mass is 270 g/mol. The molecular weight excluding hydrogens is 240 g/mol. The highest BCUT2D eigenvalue weighted by atomic mass is 16.6. The van der Waals surface area contributed by atoms with Gasteiger partial charge in [0, 0.05) is 6.42 Å². The molecule has 0 radical (unpaired) electrons. The van der Waals surface area contributed by atoms with E-state index < -0.39 is 5.41 Å². The van der Waals surface area contributed by atoms with Crippen molar-refractivity contribution in [2.45, 2.75) is 90.8 Å². The van der Waals surface area contributed by atoms with Gasteiger partial charge in [0.25, 0.3) is 0 Å². The standard InChI is InChI=1S/C16H30O3/c1-4-7-8-9-10-16(11-13(17)5-2)12-14(6-3)19-15(16)18/h13-14,17H,4-12H2,1-3H3. The molecular formula is C16H30O3. The van der Waals surface area contributed by atoms with Gasteiger partial charge in [-0.3, -0.25) is 4.79 Å². The summed E-state index contributed by atoms with van der Waals surface area (Å²) in [5.41, 5.74) is -0.413. The molecule has 1 aliphatic rings. The van der Waals surface area contributed by atoms with Gasteiger partial charge < -0.3 is 9.84 Å². The van der Waals surface area contributed by atoms with Gasteiger partial charge in [-0.15, -0.1) is 0 Å². The smallest absolute Gasteiger partial charge is 0.312 e. The third-order valence-corrected chi connectivity index (χ3v) is 4.39. The van der Waals surface area contributed by atoms with Crippen molar-refractivity contribution < 1.29 is 14.6 Å². The normalized spacial score (nSPS) is 28.4. The van der Waals surface area contributed by atoms with E-state index in [1.54, 1.807) is 0 Å². The Bertz CT molecular complexity index is 277. The third-order valence-electron chi connectivity index (χ3n) is 4.39. The van der Waals surface area contributed by atoms with E-state index in [4.69, 9.17) is 4.74 Å². The van der Waals surface area contributed by atoms with Gasteiger partial charge >= 0.3 is 5.97 Å². The van der Waals surface area contributed by atoms with Gasteiger partial charge in [-0.1, -0.05) is 46.5 Å². The van der Waals surface area contributed by atoms with Crippen LogP contribution in [0, 0.1) is 5.41 Å². The summed E-state index contributed by atoms with van der Waals surface area (Å²) in [6.07, 6.45) is 8.17. The summed E-state index contributed by atoms with van der Waals surface area (Å²) in [5, 5.41) is 9.96. The molecule has 0 aliphatic carbocycles. The largest absolute Gasteiger partial charge is 0.462 e. The van der Waals surface area contributed by atoms with Gasteiger partial charge in [0.05, 0.1) is 11.5 Å². The topological polar surface area (TPSA) is 46.5 Å². The number of hydrogen-bond donors (Lipinski definition) is 1. The first kappa shape index (κ1) is 16.5. The van der Waals surface area contributed by atoms with Crippen LogP contribution in [0.15, 0.2) is 0 Å². The molecule has 0 bridgehead atoms. The lowest BCUT2D eigenvalue weighted by atomic mass is 9.75. The second-order valence-corrected chi connectivity index (χ2v) is 6.00. The minimum absolute atomic E-state index is 0.0581. The van der Waals surface area contributed by atoms with Crippen LogP contribution in [-0.4, -0.2) is 23.3 Å². The second kappa shape index (κ2) is 7.88. The minimum atomic E-state index is -0.413. The number of esters is 1. The van der Waals surface area contributed by atoms with Crippen LogP contribution in [0.25, 0.3) is 0 Å². The SMILES string of the molecule is CCCCCCC1(CC(O)CC)CC(CC)OC1=O. The molecule has 0 saturated carbocycles. The van der Waals surface area contributed by atoms with Crippen molar-refractivity contribution in [3.63, 3.8) is 0 Å². The fourth-order valence-electron chi connectivity index (χ4n) is 3.02. The molecule has 1 N–H and O–H groups in total. The lowest BCUT2D eigenvalue weighted by Gasteiger charge is -2.27. The first-order valence-electron chi connectivity index (χ1n) is 7.97. The zero-order valence-electron chi connectivity index (χ0n) is 12.8. The van der Waals surface area contributed by atoms with E-state index >= 15 is 0 Å². The molecule has 3 nitrogen and oxygen atoms in total. The molecule has 1 fully saturated rings. The van der Waals surface area contributed by atoms with Crippen molar-refractivity contribution in [3.8, 4) is 0 Å². The first-order valence-corrected chi connectivity index (χ1v) is 7.97. The Labute approximate surface area is 117 Å². The highest BCUT2D eigenvalue weighted by Crippen LogP contribution is 2.44. The fourth-order valence-corrected chi connectivity index (χ4v) is 3.02. The van der Waals surface area contributed by atoms with E-state index in [1.165, 1.54) is 19.3 Å². The lowest BCUT2D eigenvalue weighted by molar-refractivity contribution is -0.150. The zero-order chi connectivity index (χ0) is 14.3. The summed E-state index contributed by atoms with van der Waals surface area (Å²) in [7, 11) is 0. The van der Waals surface area contributed by atoms with Crippen LogP contribution in [-0.2, 0) is 9.53 Å². The highest BCUT2D eigenvalue weighted by Gasteiger charge is 2.48. The molecule has 112 valence electrons. The van der Waals surface area contributed by atoms with Gasteiger partial charge in [-0.25, -0.2) is 0 Å². The molecule has 3 unspecified atom stereocenters. The van der Waals surface area contributed by atoms with Crippen molar-refractivity contribution >= 4 is 5.97 Å². The van der Waals surface area contributed by atoms with Crippen molar-refractivity contribution in [2.24, 2.45) is 5.41 Å². The first-order chi connectivity index (χ1) is 9.07. The minimum Gasteiger partial charge on any atom is -0.462 e. The van der Waals surface area contributed by atoms with Crippen LogP contribution >= 0.6 is 0 Å². The molecule has 3 atom stereocenters. The molecule has 1 rings (SSSR count). The molecule has 1 aliphatic heterocycles. The zero-order valence-corrected chi connectivity index (χ0v) is 12.8. The van der Waals surface area contributed by atoms with Crippen LogP contribution in [0.1, 0.15) is 78.6 Å². The summed E-state index contributed by atoms with van der Waals surface area (Å²) in [6, 6.07) is 0. The number of carbonyl (C=O) groups is 1. The van der Waals surface area contributed by atoms with Crippen LogP contribution in [0.4, 0.5) is 0 Å². The number of rotatable bonds is 9. The average Bonchev–Trinajstić information content (AvgIpc) is 2.72. The van der Waals surface area contributed by atoms with Crippen LogP contribution in [0.2, 0.25) is 0 Å². The Kier molecular flexibility index (Phi) is 6.84. The van der Waals surface area contributed by atoms with Crippen LogP contribution in [0.3, 0.4) is 0 Å². The Morgan fingerprint density at radius 3 is 2.58 bits per heavy atom. The molecule has 0 amide bonds. The molecule has 1 saturated heterocycles. The molecule has 0 aromatic heterocycles. The van der Waals surface area contributed by atoms with Crippen LogP contribution in [0.5, 0.6) is 0 Å². The summed E-state index contributed by atoms with van der Waals surface area (Å²) in [5.74, 6) is -0.0663. The number of aliphatic hydroxyl groups excluding tert-OH is 1. The van der Waals surface area contributed by atoms with E-state index in [-0.39, 0.29) is 18.2 Å². The van der Waals surface area contributed by atoms with Crippen molar-refractivity contribution in [3.05, 3.63) is 0 Å². The lowest BCUT2D eigenvalue weighted by Crippen LogP contribution is -2.31. The molecule has 3 heteroatoms. The Hall–Kier alpha value is -0.570. The van der Waals surface area contributed by atoms with E-state index in [1.807, 2.05) is 6.92 Å². The van der Waals surface area contributed by atoms with Gasteiger partial charge in [0.15, 0.2) is 0 Å². The quantitative estimate of drug-likeness (QED) is 0.511. The predicted molar refractivity (Wildman–Crippen MR) is 76.9 cm³/mol. The number of carbonyl (C=O) groups excluding carboxylic acids is 1. The fraction of sp³-hybridized carbons (Fsp3) is 0.938. The number of cyclic esters (lactones) is 1. The van der Waals surface area contributed by atoms with Crippen LogP contribution < -0.4 is 0 Å². The molecule has 19 heavy (non-hydrogen) atoms. The summed E-state index contributed by atoms with van der Waals surface area (Å²) < 4.78 is 5.48. The van der Waals surface area contributed by atoms with Crippen molar-refractivity contribution in [1.29, 1.82) is 0 Å². The number of hydrogen-bond acceptors (Lipinski definition) is 3. The average molecular weight is 270 g/mol. The molecule has 0 spiro atoms. The third kappa shape index (κ3) is 4.48. The van der Waals surface area contributed by atoms with Gasteiger partial charge in [-0.05, 0) is 25.7 Å². The number of aliphatic hydroxyl groups is 1. The predicted octanol–water partition coefficient (Wildman–Crippen LogP) is 3.83. The Morgan fingerprint density at radius 1 is 1.32 bits per heavy atom. The summed E-state index contributed by atoms with van der Waals surface area (Å²) >= 11 is 0. The number of ether oxygens (including phenoxy) is 1. The van der Waals surface area contributed by atoms with Crippen molar-refractivity contribution in [1.82, 2.24) is 0 Å². The highest BCUT2D eigenvalue weighted by molar-refractivity contribution is 5.79. The Morgan fingerprint density at radius 2 is 2.05 bits per heavy atom. The van der Waals surface area contributed by atoms with E-state index in [9.17, 15) is 9.90 Å². The summed E-state index contributed by atoms with van der Waals surface area (Å²) in [4.78, 5) is 12.2. The maximum Gasteiger partial charge on any atom is 0.312 e. The van der Waals surface area contributed by atoms with Gasteiger partial charge in [0.1, 0.15) is 6.10 Å². The Balaban J connectivity index is 2.64. The van der Waals surface area contributed by atoms with Gasteiger partial charge in [0.2, 0.25) is 0 Å². The molecule has 0 aromatic carbocycles. The van der Waals surface area contributed by atoms with E-state index in [0.29, 0.717) is 12.8 Å². The second-order valence-electron chi connectivity index (χ2n) is 6.00. The number of unbranched alkanes of at least 4 members (excludes halogenated alkanes) is 3. The maximum atomic E-state index is 12.2. The van der Waals surface area contributed by atoms with E-state index in [0.717, 1.165) is 25.7 Å². The van der Waals surface area contributed by atoms with E-state index in [2.05, 4.69) is 13.8 Å². The maximum absolute atomic E-state index is 12.2. The van der Waals surface area contributed by atoms with Crippen molar-refractivity contribution in [2.75, 3.05) is 0 Å².